The Labute approximate surface area is 110 Å². The van der Waals surface area contributed by atoms with E-state index in [9.17, 15) is 5.11 Å². The van der Waals surface area contributed by atoms with Crippen LogP contribution in [0.5, 0.6) is 5.75 Å². The first-order chi connectivity index (χ1) is 8.69. The summed E-state index contributed by atoms with van der Waals surface area (Å²) in [6, 6.07) is 5.79. The maximum absolute atomic E-state index is 10.1. The van der Waals surface area contributed by atoms with Crippen LogP contribution < -0.4 is 4.74 Å². The summed E-state index contributed by atoms with van der Waals surface area (Å²) in [5, 5.41) is 10.1. The van der Waals surface area contributed by atoms with Crippen LogP contribution in [0.4, 0.5) is 0 Å². The van der Waals surface area contributed by atoms with Gasteiger partial charge in [0.05, 0.1) is 13.7 Å². The Balaban J connectivity index is 2.49. The first kappa shape index (κ1) is 15.0. The fraction of sp³-hybridized carbons (Fsp3) is 0.600. The van der Waals surface area contributed by atoms with Gasteiger partial charge in [0.1, 0.15) is 11.9 Å². The molecule has 0 aliphatic heterocycles. The average molecular weight is 252 g/mol. The molecule has 0 fully saturated rings. The Bertz CT molecular complexity index is 350. The van der Waals surface area contributed by atoms with Crippen LogP contribution in [-0.2, 0) is 4.74 Å². The van der Waals surface area contributed by atoms with Gasteiger partial charge in [-0.1, -0.05) is 31.4 Å². The van der Waals surface area contributed by atoms with Gasteiger partial charge in [-0.25, -0.2) is 0 Å². The number of rotatable bonds is 8. The van der Waals surface area contributed by atoms with Gasteiger partial charge in [0.2, 0.25) is 0 Å². The molecule has 1 rings (SSSR count). The third-order valence-corrected chi connectivity index (χ3v) is 2.91. The van der Waals surface area contributed by atoms with Crippen LogP contribution in [0.25, 0.3) is 0 Å². The molecule has 3 nitrogen and oxygen atoms in total. The molecule has 0 aliphatic carbocycles. The van der Waals surface area contributed by atoms with Gasteiger partial charge in [0.25, 0.3) is 0 Å². The van der Waals surface area contributed by atoms with Gasteiger partial charge >= 0.3 is 0 Å². The minimum Gasteiger partial charge on any atom is -0.496 e. The van der Waals surface area contributed by atoms with Gasteiger partial charge in [-0.2, -0.15) is 0 Å². The van der Waals surface area contributed by atoms with E-state index < -0.39 is 6.10 Å². The van der Waals surface area contributed by atoms with Crippen molar-refractivity contribution in [2.45, 2.75) is 39.2 Å². The summed E-state index contributed by atoms with van der Waals surface area (Å²) in [4.78, 5) is 0. The van der Waals surface area contributed by atoms with Crippen LogP contribution >= 0.6 is 0 Å². The predicted molar refractivity (Wildman–Crippen MR) is 73.0 cm³/mol. The first-order valence-electron chi connectivity index (χ1n) is 6.59. The van der Waals surface area contributed by atoms with Crippen LogP contribution in [0.2, 0.25) is 0 Å². The summed E-state index contributed by atoms with van der Waals surface area (Å²) < 4.78 is 10.7. The molecule has 1 atom stereocenters. The van der Waals surface area contributed by atoms with Gasteiger partial charge in [-0.05, 0) is 25.5 Å². The van der Waals surface area contributed by atoms with Crippen LogP contribution in [0, 0.1) is 6.92 Å². The second-order valence-electron chi connectivity index (χ2n) is 4.54. The molecule has 0 saturated heterocycles. The van der Waals surface area contributed by atoms with Gasteiger partial charge in [-0.3, -0.25) is 0 Å². The van der Waals surface area contributed by atoms with E-state index >= 15 is 0 Å². The number of methoxy groups -OCH3 is 1. The molecule has 1 N–H and O–H groups in total. The molecule has 0 spiro atoms. The monoisotopic (exact) mass is 252 g/mol. The molecule has 102 valence electrons. The molecule has 0 aliphatic rings. The van der Waals surface area contributed by atoms with Crippen molar-refractivity contribution in [3.05, 3.63) is 29.3 Å². The van der Waals surface area contributed by atoms with Crippen molar-refractivity contribution in [1.29, 1.82) is 0 Å². The van der Waals surface area contributed by atoms with Gasteiger partial charge in [-0.15, -0.1) is 0 Å². The van der Waals surface area contributed by atoms with Crippen molar-refractivity contribution in [2.75, 3.05) is 20.3 Å². The Morgan fingerprint density at radius 2 is 2.06 bits per heavy atom. The highest BCUT2D eigenvalue weighted by molar-refractivity contribution is 5.38. The van der Waals surface area contributed by atoms with Crippen molar-refractivity contribution in [3.8, 4) is 5.75 Å². The van der Waals surface area contributed by atoms with Crippen LogP contribution in [0.3, 0.4) is 0 Å². The lowest BCUT2D eigenvalue weighted by Crippen LogP contribution is -2.09. The second kappa shape index (κ2) is 8.11. The van der Waals surface area contributed by atoms with Crippen LogP contribution in [0.1, 0.15) is 43.4 Å². The molecule has 1 unspecified atom stereocenters. The van der Waals surface area contributed by atoms with Crippen LogP contribution in [-0.4, -0.2) is 25.4 Å². The van der Waals surface area contributed by atoms with Gasteiger partial charge < -0.3 is 14.6 Å². The summed E-state index contributed by atoms with van der Waals surface area (Å²) in [5.41, 5.74) is 1.91. The molecule has 0 heterocycles. The molecule has 1 aromatic rings. The fourth-order valence-electron chi connectivity index (χ4n) is 1.85. The quantitative estimate of drug-likeness (QED) is 0.722. The smallest absolute Gasteiger partial charge is 0.124 e. The summed E-state index contributed by atoms with van der Waals surface area (Å²) >= 11 is 0. The molecule has 0 radical (unpaired) electrons. The Morgan fingerprint density at radius 3 is 2.72 bits per heavy atom. The van der Waals surface area contributed by atoms with E-state index in [0.717, 1.165) is 17.5 Å². The number of aliphatic hydroxyl groups excluding tert-OH is 1. The summed E-state index contributed by atoms with van der Waals surface area (Å²) in [6.45, 7) is 5.19. The first-order valence-corrected chi connectivity index (χ1v) is 6.59. The molecule has 0 saturated carbocycles. The normalized spacial score (nSPS) is 12.4. The molecule has 0 amide bonds. The predicted octanol–water partition coefficient (Wildman–Crippen LogP) is 3.24. The van der Waals surface area contributed by atoms with E-state index in [1.807, 2.05) is 25.1 Å². The highest BCUT2D eigenvalue weighted by Crippen LogP contribution is 2.26. The second-order valence-corrected chi connectivity index (χ2v) is 4.54. The third-order valence-electron chi connectivity index (χ3n) is 2.91. The summed E-state index contributed by atoms with van der Waals surface area (Å²) in [7, 11) is 1.61. The Morgan fingerprint density at radius 1 is 1.28 bits per heavy atom. The zero-order valence-corrected chi connectivity index (χ0v) is 11.6. The zero-order valence-electron chi connectivity index (χ0n) is 11.6. The van der Waals surface area contributed by atoms with E-state index in [-0.39, 0.29) is 0 Å². The van der Waals surface area contributed by atoms with E-state index in [4.69, 9.17) is 9.47 Å². The maximum Gasteiger partial charge on any atom is 0.124 e. The van der Waals surface area contributed by atoms with Crippen molar-refractivity contribution in [2.24, 2.45) is 0 Å². The molecule has 0 bridgehead atoms. The van der Waals surface area contributed by atoms with Crippen molar-refractivity contribution < 1.29 is 14.6 Å². The Hall–Kier alpha value is -1.06. The molecule has 0 aromatic heterocycles. The van der Waals surface area contributed by atoms with Crippen molar-refractivity contribution in [3.63, 3.8) is 0 Å². The largest absolute Gasteiger partial charge is 0.496 e. The number of ether oxygens (including phenoxy) is 2. The lowest BCUT2D eigenvalue weighted by molar-refractivity contribution is 0.0334. The molecular weight excluding hydrogens is 228 g/mol. The zero-order chi connectivity index (χ0) is 13.4. The fourth-order valence-corrected chi connectivity index (χ4v) is 1.85. The lowest BCUT2D eigenvalue weighted by atomic mass is 10.1. The number of benzene rings is 1. The van der Waals surface area contributed by atoms with Crippen molar-refractivity contribution >= 4 is 0 Å². The number of hydrogen-bond acceptors (Lipinski definition) is 3. The van der Waals surface area contributed by atoms with E-state index in [2.05, 4.69) is 6.92 Å². The highest BCUT2D eigenvalue weighted by Gasteiger charge is 2.13. The highest BCUT2D eigenvalue weighted by atomic mass is 16.5. The standard InChI is InChI=1S/C15H24O3/c1-4-5-6-9-18-11-14(16)13-10-12(2)7-8-15(13)17-3/h7-8,10,14,16H,4-6,9,11H2,1-3H3. The number of aryl methyl sites for hydroxylation is 1. The number of hydrogen-bond donors (Lipinski definition) is 1. The number of unbranched alkanes of at least 4 members (excludes halogenated alkanes) is 2. The van der Waals surface area contributed by atoms with E-state index in [0.29, 0.717) is 19.0 Å². The molecule has 18 heavy (non-hydrogen) atoms. The average Bonchev–Trinajstić information content (AvgIpc) is 2.38. The third kappa shape index (κ3) is 4.67. The minimum atomic E-state index is -0.624. The maximum atomic E-state index is 10.1. The minimum absolute atomic E-state index is 0.323. The Kier molecular flexibility index (Phi) is 6.76. The molecule has 3 heteroatoms. The summed E-state index contributed by atoms with van der Waals surface area (Å²) in [6.07, 6.45) is 2.77. The number of aliphatic hydroxyl groups is 1. The van der Waals surface area contributed by atoms with Gasteiger partial charge in [0.15, 0.2) is 0 Å². The SMILES string of the molecule is CCCCCOCC(O)c1cc(C)ccc1OC. The van der Waals surface area contributed by atoms with Crippen molar-refractivity contribution in [1.82, 2.24) is 0 Å². The summed E-state index contributed by atoms with van der Waals surface area (Å²) in [5.74, 6) is 0.713. The van der Waals surface area contributed by atoms with Crippen LogP contribution in [0.15, 0.2) is 18.2 Å². The topological polar surface area (TPSA) is 38.7 Å². The van der Waals surface area contributed by atoms with E-state index in [1.165, 1.54) is 12.8 Å². The lowest BCUT2D eigenvalue weighted by Gasteiger charge is -2.15. The molecular formula is C15H24O3. The van der Waals surface area contributed by atoms with Gasteiger partial charge in [0, 0.05) is 12.2 Å². The van der Waals surface area contributed by atoms with E-state index in [1.54, 1.807) is 7.11 Å². The molecule has 1 aromatic carbocycles.